The molecular weight excluding hydrogens is 288 g/mol. The van der Waals surface area contributed by atoms with Gasteiger partial charge in [0.1, 0.15) is 6.10 Å². The summed E-state index contributed by atoms with van der Waals surface area (Å²) < 4.78 is 12.5. The van der Waals surface area contributed by atoms with E-state index in [4.69, 9.17) is 9.47 Å². The highest BCUT2D eigenvalue weighted by atomic mass is 16.6. The predicted octanol–water partition coefficient (Wildman–Crippen LogP) is 5.36. The van der Waals surface area contributed by atoms with Crippen LogP contribution in [0.2, 0.25) is 0 Å². The molecule has 0 aromatic rings. The molecule has 0 aromatic heterocycles. The maximum absolute atomic E-state index is 12.5. The fourth-order valence-electron chi connectivity index (χ4n) is 3.82. The van der Waals surface area contributed by atoms with E-state index in [1.807, 2.05) is 20.8 Å². The van der Waals surface area contributed by atoms with Crippen LogP contribution in [0.25, 0.3) is 0 Å². The van der Waals surface area contributed by atoms with Crippen LogP contribution in [-0.2, 0) is 14.3 Å². The summed E-state index contributed by atoms with van der Waals surface area (Å²) in [5.74, 6) is -0.0988. The minimum Gasteiger partial charge on any atom is -0.461 e. The van der Waals surface area contributed by atoms with E-state index in [0.29, 0.717) is 0 Å². The summed E-state index contributed by atoms with van der Waals surface area (Å²) in [7, 11) is 0. The third-order valence-corrected chi connectivity index (χ3v) is 6.26. The quantitative estimate of drug-likeness (QED) is 0.590. The molecule has 1 fully saturated rings. The first kappa shape index (κ1) is 20.5. The normalized spacial score (nSPS) is 26.5. The van der Waals surface area contributed by atoms with Gasteiger partial charge in [-0.15, -0.1) is 0 Å². The second kappa shape index (κ2) is 6.38. The number of hydrogen-bond acceptors (Lipinski definition) is 3. The molecule has 23 heavy (non-hydrogen) atoms. The number of carbonyl (C=O) groups excluding carboxylic acids is 1. The van der Waals surface area contributed by atoms with Gasteiger partial charge in [0.15, 0.2) is 0 Å². The van der Waals surface area contributed by atoms with Gasteiger partial charge < -0.3 is 9.47 Å². The number of carbonyl (C=O) groups is 1. The molecule has 0 spiro atoms. The number of ether oxygens (including phenoxy) is 2. The van der Waals surface area contributed by atoms with Crippen LogP contribution in [0.3, 0.4) is 0 Å². The first-order chi connectivity index (χ1) is 10.3. The van der Waals surface area contributed by atoms with Crippen molar-refractivity contribution < 1.29 is 14.3 Å². The molecule has 3 nitrogen and oxygen atoms in total. The Bertz CT molecular complexity index is 414. The second-order valence-electron chi connectivity index (χ2n) is 9.32. The van der Waals surface area contributed by atoms with Crippen LogP contribution in [0.1, 0.15) is 88.5 Å². The summed E-state index contributed by atoms with van der Waals surface area (Å²) >= 11 is 0. The third kappa shape index (κ3) is 3.60. The minimum absolute atomic E-state index is 0.0856. The van der Waals surface area contributed by atoms with E-state index in [1.54, 1.807) is 0 Å². The molecule has 0 saturated heterocycles. The van der Waals surface area contributed by atoms with Crippen molar-refractivity contribution in [1.29, 1.82) is 0 Å². The lowest BCUT2D eigenvalue weighted by atomic mass is 9.50. The Kier molecular flexibility index (Phi) is 5.68. The zero-order chi connectivity index (χ0) is 18.3. The summed E-state index contributed by atoms with van der Waals surface area (Å²) in [6.07, 6.45) is 2.72. The summed E-state index contributed by atoms with van der Waals surface area (Å²) in [5.41, 5.74) is -0.889. The van der Waals surface area contributed by atoms with Gasteiger partial charge in [-0.25, -0.2) is 0 Å². The van der Waals surface area contributed by atoms with Gasteiger partial charge in [-0.1, -0.05) is 48.5 Å². The molecule has 0 bridgehead atoms. The average Bonchev–Trinajstić information content (AvgIpc) is 2.48. The van der Waals surface area contributed by atoms with E-state index in [2.05, 4.69) is 48.5 Å². The molecule has 1 aliphatic rings. The highest BCUT2D eigenvalue weighted by Crippen LogP contribution is 2.58. The lowest BCUT2D eigenvalue weighted by Crippen LogP contribution is -2.71. The van der Waals surface area contributed by atoms with Gasteiger partial charge in [0.25, 0.3) is 0 Å². The highest BCUT2D eigenvalue weighted by molar-refractivity contribution is 5.76. The summed E-state index contributed by atoms with van der Waals surface area (Å²) in [6.45, 7) is 21.1. The van der Waals surface area contributed by atoms with Gasteiger partial charge in [-0.05, 0) is 40.0 Å². The topological polar surface area (TPSA) is 35.5 Å². The highest BCUT2D eigenvalue weighted by Gasteiger charge is 2.66. The summed E-state index contributed by atoms with van der Waals surface area (Å²) in [6, 6.07) is 0. The second-order valence-corrected chi connectivity index (χ2v) is 9.32. The minimum atomic E-state index is -0.431. The molecule has 0 aliphatic heterocycles. The Labute approximate surface area is 143 Å². The largest absolute Gasteiger partial charge is 0.461 e. The van der Waals surface area contributed by atoms with E-state index < -0.39 is 5.41 Å². The molecule has 1 rings (SSSR count). The first-order valence-electron chi connectivity index (χ1n) is 9.17. The van der Waals surface area contributed by atoms with Crippen LogP contribution in [0.15, 0.2) is 0 Å². The van der Waals surface area contributed by atoms with Crippen molar-refractivity contribution in [2.75, 3.05) is 0 Å². The van der Waals surface area contributed by atoms with E-state index in [9.17, 15) is 4.79 Å². The van der Waals surface area contributed by atoms with Crippen molar-refractivity contribution >= 4 is 5.97 Å². The van der Waals surface area contributed by atoms with Gasteiger partial charge in [-0.3, -0.25) is 4.79 Å². The number of rotatable bonds is 7. The van der Waals surface area contributed by atoms with Crippen molar-refractivity contribution in [1.82, 2.24) is 0 Å². The summed E-state index contributed by atoms with van der Waals surface area (Å²) in [5, 5.41) is 0. The van der Waals surface area contributed by atoms with Crippen molar-refractivity contribution in [2.45, 2.75) is 106 Å². The molecule has 0 radical (unpaired) electrons. The zero-order valence-corrected chi connectivity index (χ0v) is 17.0. The van der Waals surface area contributed by atoms with Crippen molar-refractivity contribution in [3.8, 4) is 0 Å². The van der Waals surface area contributed by atoms with Gasteiger partial charge >= 0.3 is 5.97 Å². The lowest BCUT2D eigenvalue weighted by molar-refractivity contribution is -0.304. The monoisotopic (exact) mass is 326 g/mol. The number of hydrogen-bond donors (Lipinski definition) is 0. The molecule has 1 saturated carbocycles. The molecule has 3 heteroatoms. The van der Waals surface area contributed by atoms with E-state index in [-0.39, 0.29) is 34.6 Å². The maximum Gasteiger partial charge on any atom is 0.311 e. The van der Waals surface area contributed by atoms with E-state index in [0.717, 1.165) is 19.3 Å². The maximum atomic E-state index is 12.5. The molecular formula is C20H38O3. The van der Waals surface area contributed by atoms with Gasteiger partial charge in [0.2, 0.25) is 0 Å². The fraction of sp³-hybridized carbons (Fsp3) is 0.950. The molecule has 0 unspecified atom stereocenters. The fourth-order valence-corrected chi connectivity index (χ4v) is 3.82. The van der Waals surface area contributed by atoms with Crippen LogP contribution < -0.4 is 0 Å². The molecule has 0 atom stereocenters. The van der Waals surface area contributed by atoms with Gasteiger partial charge in [0, 0.05) is 10.8 Å². The molecule has 0 aromatic carbocycles. The van der Waals surface area contributed by atoms with Crippen LogP contribution in [-0.4, -0.2) is 23.8 Å². The van der Waals surface area contributed by atoms with E-state index >= 15 is 0 Å². The summed E-state index contributed by atoms with van der Waals surface area (Å²) in [4.78, 5) is 12.5. The Hall–Kier alpha value is -0.570. The molecule has 0 heterocycles. The van der Waals surface area contributed by atoms with Crippen LogP contribution in [0.5, 0.6) is 0 Å². The Morgan fingerprint density at radius 1 is 0.870 bits per heavy atom. The SMILES string of the molecule is CCC(C)(CC)OC1C(C)(C)C(OC(=O)C(C)(C)CC)C1(C)C. The molecule has 136 valence electrons. The number of esters is 1. The lowest BCUT2D eigenvalue weighted by Gasteiger charge is -2.63. The van der Waals surface area contributed by atoms with Gasteiger partial charge in [0.05, 0.1) is 17.1 Å². The zero-order valence-electron chi connectivity index (χ0n) is 17.0. The first-order valence-corrected chi connectivity index (χ1v) is 9.17. The third-order valence-electron chi connectivity index (χ3n) is 6.26. The van der Waals surface area contributed by atoms with Crippen molar-refractivity contribution in [3.05, 3.63) is 0 Å². The van der Waals surface area contributed by atoms with Crippen LogP contribution >= 0.6 is 0 Å². The average molecular weight is 327 g/mol. The van der Waals surface area contributed by atoms with Crippen molar-refractivity contribution in [3.63, 3.8) is 0 Å². The standard InChI is InChI=1S/C20H38O3/c1-11-17(4,5)16(21)22-14-18(6,7)15(19(14,8)9)23-20(10,12-2)13-3/h14-15H,11-13H2,1-10H3. The molecule has 1 aliphatic carbocycles. The molecule has 0 N–H and O–H groups in total. The smallest absolute Gasteiger partial charge is 0.311 e. The van der Waals surface area contributed by atoms with Crippen LogP contribution in [0, 0.1) is 16.2 Å². The van der Waals surface area contributed by atoms with Crippen molar-refractivity contribution in [2.24, 2.45) is 16.2 Å². The predicted molar refractivity (Wildman–Crippen MR) is 95.4 cm³/mol. The Balaban J connectivity index is 2.94. The Morgan fingerprint density at radius 3 is 1.65 bits per heavy atom. The molecule has 0 amide bonds. The van der Waals surface area contributed by atoms with Gasteiger partial charge in [-0.2, -0.15) is 0 Å². The van der Waals surface area contributed by atoms with Crippen LogP contribution in [0.4, 0.5) is 0 Å². The Morgan fingerprint density at radius 2 is 1.30 bits per heavy atom. The van der Waals surface area contributed by atoms with E-state index in [1.165, 1.54) is 0 Å².